The Bertz CT molecular complexity index is 838. The minimum absolute atomic E-state index is 0.0564. The monoisotopic (exact) mass is 387 g/mol. The van der Waals surface area contributed by atoms with Crippen molar-refractivity contribution >= 4 is 17.6 Å². The number of furan rings is 1. The number of aryl methyl sites for hydroxylation is 1. The molecule has 7 heteroatoms. The lowest BCUT2D eigenvalue weighted by Crippen LogP contribution is -3.28. The van der Waals surface area contributed by atoms with Gasteiger partial charge in [-0.2, -0.15) is 0 Å². The second-order valence-electron chi connectivity index (χ2n) is 7.41. The van der Waals surface area contributed by atoms with Gasteiger partial charge in [-0.1, -0.05) is 12.1 Å². The first kappa shape index (κ1) is 20.1. The smallest absolute Gasteiger partial charge is 0.373 e. The van der Waals surface area contributed by atoms with Crippen molar-refractivity contribution in [3.8, 4) is 0 Å². The summed E-state index contributed by atoms with van der Waals surface area (Å²) in [6.45, 7) is 9.07. The van der Waals surface area contributed by atoms with Crippen molar-refractivity contribution in [2.24, 2.45) is 0 Å². The van der Waals surface area contributed by atoms with Crippen molar-refractivity contribution in [2.45, 2.75) is 20.4 Å². The summed E-state index contributed by atoms with van der Waals surface area (Å²) in [5.74, 6) is 0.627. The van der Waals surface area contributed by atoms with Crippen molar-refractivity contribution < 1.29 is 28.5 Å². The van der Waals surface area contributed by atoms with E-state index in [1.165, 1.54) is 22.5 Å². The molecule has 1 aromatic heterocycles. The van der Waals surface area contributed by atoms with Gasteiger partial charge in [-0.3, -0.25) is 4.79 Å². The first-order chi connectivity index (χ1) is 13.5. The van der Waals surface area contributed by atoms with E-state index in [9.17, 15) is 9.59 Å². The lowest BCUT2D eigenvalue weighted by Gasteiger charge is -2.28. The summed E-state index contributed by atoms with van der Waals surface area (Å²) in [6, 6.07) is 9.44. The minimum atomic E-state index is -0.453. The molecule has 0 bridgehead atoms. The number of esters is 1. The van der Waals surface area contributed by atoms with Crippen LogP contribution in [0.5, 0.6) is 0 Å². The molecule has 0 radical (unpaired) electrons. The fourth-order valence-corrected chi connectivity index (χ4v) is 3.55. The number of carbonyl (C=O) groups is 2. The van der Waals surface area contributed by atoms with Crippen LogP contribution in [0.2, 0.25) is 0 Å². The second-order valence-corrected chi connectivity index (χ2v) is 7.41. The topological polar surface area (TPSA) is 77.4 Å². The van der Waals surface area contributed by atoms with E-state index in [2.05, 4.69) is 10.1 Å². The maximum absolute atomic E-state index is 12.4. The zero-order chi connectivity index (χ0) is 20.1. The molecule has 1 saturated heterocycles. The van der Waals surface area contributed by atoms with E-state index in [-0.39, 0.29) is 11.7 Å². The van der Waals surface area contributed by atoms with Crippen molar-refractivity contribution in [2.75, 3.05) is 45.2 Å². The Labute approximate surface area is 165 Å². The molecule has 1 aromatic carbocycles. The average molecular weight is 387 g/mol. The summed E-state index contributed by atoms with van der Waals surface area (Å²) < 4.78 is 10.2. The average Bonchev–Trinajstić information content (AvgIpc) is 3.15. The Morgan fingerprint density at radius 1 is 1.07 bits per heavy atom. The highest BCUT2D eigenvalue weighted by molar-refractivity contribution is 5.92. The van der Waals surface area contributed by atoms with Crippen molar-refractivity contribution in [1.29, 1.82) is 0 Å². The third-order valence-corrected chi connectivity index (χ3v) is 5.43. The maximum Gasteiger partial charge on any atom is 0.373 e. The molecule has 0 atom stereocenters. The van der Waals surface area contributed by atoms with Crippen molar-refractivity contribution in [3.63, 3.8) is 0 Å². The van der Waals surface area contributed by atoms with E-state index in [0.717, 1.165) is 49.7 Å². The highest BCUT2D eigenvalue weighted by Crippen LogP contribution is 2.17. The molecule has 0 spiro atoms. The Kier molecular flexibility index (Phi) is 6.49. The van der Waals surface area contributed by atoms with Crippen LogP contribution in [0.15, 0.2) is 34.7 Å². The summed E-state index contributed by atoms with van der Waals surface area (Å²) in [6.07, 6.45) is 0. The molecule has 1 aliphatic heterocycles. The minimum Gasteiger partial charge on any atom is -0.463 e. The summed E-state index contributed by atoms with van der Waals surface area (Å²) in [7, 11) is 1.34. The van der Waals surface area contributed by atoms with E-state index in [0.29, 0.717) is 6.54 Å². The molecule has 2 aromatic rings. The van der Waals surface area contributed by atoms with Crippen LogP contribution in [0.3, 0.4) is 0 Å². The normalized spacial score (nSPS) is 19.2. The molecule has 3 N–H and O–H groups in total. The van der Waals surface area contributed by atoms with E-state index in [1.54, 1.807) is 6.07 Å². The van der Waals surface area contributed by atoms with Crippen LogP contribution in [-0.4, -0.2) is 51.7 Å². The lowest BCUT2D eigenvalue weighted by molar-refractivity contribution is -1.02. The number of amides is 1. The highest BCUT2D eigenvalue weighted by atomic mass is 16.5. The van der Waals surface area contributed by atoms with Crippen LogP contribution < -0.4 is 15.1 Å². The molecule has 7 nitrogen and oxygen atoms in total. The molecule has 2 heterocycles. The fourth-order valence-electron chi connectivity index (χ4n) is 3.55. The van der Waals surface area contributed by atoms with Gasteiger partial charge < -0.3 is 24.3 Å². The standard InChI is InChI=1S/C21H27N3O4/c1-15-5-4-6-18(16(15)2)22-20(25)14-24-11-9-23(10-12-24)13-17-7-8-19(28-17)21(26)27-3/h4-8H,9-14H2,1-3H3,(H,22,25)/p+2. The Morgan fingerprint density at radius 2 is 1.79 bits per heavy atom. The SMILES string of the molecule is COC(=O)c1ccc(C[NH+]2CC[NH+](CC(=O)Nc3cccc(C)c3C)CC2)o1. The molecule has 0 aliphatic carbocycles. The summed E-state index contributed by atoms with van der Waals surface area (Å²) >= 11 is 0. The van der Waals surface area contributed by atoms with Gasteiger partial charge >= 0.3 is 5.97 Å². The molecule has 1 aliphatic rings. The third kappa shape index (κ3) is 4.99. The number of ether oxygens (including phenoxy) is 1. The van der Waals surface area contributed by atoms with Crippen molar-refractivity contribution in [3.05, 3.63) is 53.0 Å². The number of rotatable bonds is 6. The first-order valence-corrected chi connectivity index (χ1v) is 9.66. The van der Waals surface area contributed by atoms with Gasteiger partial charge in [-0.25, -0.2) is 4.79 Å². The third-order valence-electron chi connectivity index (χ3n) is 5.43. The molecular weight excluding hydrogens is 358 g/mol. The van der Waals surface area contributed by atoms with Gasteiger partial charge in [0.15, 0.2) is 12.3 Å². The fraction of sp³-hybridized carbons (Fsp3) is 0.429. The highest BCUT2D eigenvalue weighted by Gasteiger charge is 2.26. The summed E-state index contributed by atoms with van der Waals surface area (Å²) in [5.41, 5.74) is 3.19. The molecular formula is C21H29N3O4+2. The predicted octanol–water partition coefficient (Wildman–Crippen LogP) is -0.395. The van der Waals surface area contributed by atoms with E-state index in [4.69, 9.17) is 4.42 Å². The number of carbonyl (C=O) groups excluding carboxylic acids is 2. The van der Waals surface area contributed by atoms with E-state index < -0.39 is 5.97 Å². The second kappa shape index (κ2) is 9.03. The van der Waals surface area contributed by atoms with Gasteiger partial charge in [0.2, 0.25) is 5.76 Å². The number of quaternary nitrogens is 2. The van der Waals surface area contributed by atoms with Gasteiger partial charge in [0.1, 0.15) is 32.7 Å². The van der Waals surface area contributed by atoms with E-state index >= 15 is 0 Å². The molecule has 1 amide bonds. The summed E-state index contributed by atoms with van der Waals surface area (Å²) in [4.78, 5) is 26.6. The molecule has 0 saturated carbocycles. The number of hydrogen-bond acceptors (Lipinski definition) is 4. The quantitative estimate of drug-likeness (QED) is 0.590. The zero-order valence-corrected chi connectivity index (χ0v) is 16.8. The van der Waals surface area contributed by atoms with E-state index in [1.807, 2.05) is 38.1 Å². The van der Waals surface area contributed by atoms with Gasteiger partial charge in [0, 0.05) is 5.69 Å². The zero-order valence-electron chi connectivity index (χ0n) is 16.8. The predicted molar refractivity (Wildman–Crippen MR) is 105 cm³/mol. The van der Waals surface area contributed by atoms with Crippen LogP contribution in [0.1, 0.15) is 27.4 Å². The maximum atomic E-state index is 12.4. The molecule has 28 heavy (non-hydrogen) atoms. The number of piperazine rings is 1. The van der Waals surface area contributed by atoms with Crippen molar-refractivity contribution in [1.82, 2.24) is 0 Å². The van der Waals surface area contributed by atoms with Crippen LogP contribution in [0.25, 0.3) is 0 Å². The molecule has 1 fully saturated rings. The van der Waals surface area contributed by atoms with Crippen LogP contribution in [0, 0.1) is 13.8 Å². The molecule has 0 unspecified atom stereocenters. The molecule has 150 valence electrons. The number of anilines is 1. The van der Waals surface area contributed by atoms with Gasteiger partial charge in [-0.15, -0.1) is 0 Å². The number of hydrogen-bond donors (Lipinski definition) is 3. The number of nitrogens with one attached hydrogen (secondary N) is 3. The van der Waals surface area contributed by atoms with Gasteiger partial charge in [0.25, 0.3) is 5.91 Å². The number of methoxy groups -OCH3 is 1. The largest absolute Gasteiger partial charge is 0.463 e. The van der Waals surface area contributed by atoms with Gasteiger partial charge in [-0.05, 0) is 43.2 Å². The Morgan fingerprint density at radius 3 is 2.50 bits per heavy atom. The first-order valence-electron chi connectivity index (χ1n) is 9.66. The summed E-state index contributed by atoms with van der Waals surface area (Å²) in [5, 5.41) is 3.04. The Balaban J connectivity index is 1.45. The number of benzene rings is 1. The lowest BCUT2D eigenvalue weighted by atomic mass is 10.1. The van der Waals surface area contributed by atoms with Crippen LogP contribution in [0.4, 0.5) is 5.69 Å². The van der Waals surface area contributed by atoms with Gasteiger partial charge in [0.05, 0.1) is 7.11 Å². The van der Waals surface area contributed by atoms with Crippen LogP contribution in [-0.2, 0) is 16.1 Å². The Hall–Kier alpha value is -2.64. The van der Waals surface area contributed by atoms with Crippen LogP contribution >= 0.6 is 0 Å². The molecule has 3 rings (SSSR count).